The lowest BCUT2D eigenvalue weighted by atomic mass is 10.2. The minimum atomic E-state index is -5.20. The van der Waals surface area contributed by atoms with Crippen molar-refractivity contribution in [1.29, 1.82) is 0 Å². The van der Waals surface area contributed by atoms with Gasteiger partial charge in [0.05, 0.1) is 11.6 Å². The lowest BCUT2D eigenvalue weighted by molar-refractivity contribution is 0.102. The average Bonchev–Trinajstić information content (AvgIpc) is 2.61. The Labute approximate surface area is 173 Å². The number of phosphoric acid groups is 2. The number of hydrogen-bond donors (Lipinski definition) is 4. The van der Waals surface area contributed by atoms with Gasteiger partial charge in [-0.3, -0.25) is 9.51 Å². The van der Waals surface area contributed by atoms with Gasteiger partial charge in [-0.05, 0) is 37.4 Å². The molecule has 0 fully saturated rings. The zero-order chi connectivity index (χ0) is 21.7. The molecule has 0 aliphatic carbocycles. The minimum Gasteiger partial charge on any atom is -0.382 e. The number of fused-ring (bicyclic) bond motifs is 1. The molecule has 0 radical (unpaired) electrons. The lowest BCUT2D eigenvalue weighted by Gasteiger charge is -2.27. The second-order valence-electron chi connectivity index (χ2n) is 6.15. The number of hydrogen-bond acceptors (Lipinski definition) is 7. The first-order valence-corrected chi connectivity index (χ1v) is 12.2. The summed E-state index contributed by atoms with van der Waals surface area (Å²) in [6.45, 7) is 5.46. The van der Waals surface area contributed by atoms with Crippen LogP contribution in [0.15, 0.2) is 30.5 Å². The van der Waals surface area contributed by atoms with Crippen molar-refractivity contribution in [3.05, 3.63) is 35.5 Å². The summed E-state index contributed by atoms with van der Waals surface area (Å²) >= 11 is 5.99. The summed E-state index contributed by atoms with van der Waals surface area (Å²) in [5.74, 6) is 0. The molecular formula is C16H24ClN3O7P2. The van der Waals surface area contributed by atoms with Crippen molar-refractivity contribution in [1.82, 2.24) is 9.88 Å². The third-order valence-corrected chi connectivity index (χ3v) is 6.55. The highest BCUT2D eigenvalue weighted by molar-refractivity contribution is 7.60. The highest BCUT2D eigenvalue weighted by Gasteiger charge is 2.35. The predicted molar refractivity (Wildman–Crippen MR) is 111 cm³/mol. The SMILES string of the molecule is CCN(CC)CC(CNc1ccnc2cc(Cl)ccc12)OP(=O)(O)OP(=O)(O)O. The first kappa shape index (κ1) is 24.2. The number of benzene rings is 1. The second-order valence-corrected chi connectivity index (χ2v) is 9.37. The van der Waals surface area contributed by atoms with Gasteiger partial charge in [0.25, 0.3) is 0 Å². The Bertz CT molecular complexity index is 923. The van der Waals surface area contributed by atoms with E-state index in [1.807, 2.05) is 18.7 Å². The smallest absolute Gasteiger partial charge is 0.382 e. The van der Waals surface area contributed by atoms with Crippen molar-refractivity contribution in [2.45, 2.75) is 20.0 Å². The van der Waals surface area contributed by atoms with E-state index in [4.69, 9.17) is 25.9 Å². The van der Waals surface area contributed by atoms with Crippen LogP contribution in [0.1, 0.15) is 13.8 Å². The predicted octanol–water partition coefficient (Wildman–Crippen LogP) is 3.24. The molecule has 0 aliphatic rings. The summed E-state index contributed by atoms with van der Waals surface area (Å²) in [5, 5.41) is 4.46. The third kappa shape index (κ3) is 7.94. The number of nitrogens with one attached hydrogen (secondary N) is 1. The van der Waals surface area contributed by atoms with Crippen LogP contribution in [0, 0.1) is 0 Å². The maximum absolute atomic E-state index is 12.0. The van der Waals surface area contributed by atoms with Gasteiger partial charge in [-0.25, -0.2) is 9.13 Å². The Kier molecular flexibility index (Phi) is 8.60. The van der Waals surface area contributed by atoms with Crippen LogP contribution in [0.4, 0.5) is 5.69 Å². The third-order valence-electron chi connectivity index (χ3n) is 4.07. The summed E-state index contributed by atoms with van der Waals surface area (Å²) in [6.07, 6.45) is 0.697. The van der Waals surface area contributed by atoms with E-state index >= 15 is 0 Å². The molecule has 0 saturated carbocycles. The Hall–Kier alpha value is -1.06. The summed E-state index contributed by atoms with van der Waals surface area (Å²) in [4.78, 5) is 33.6. The van der Waals surface area contributed by atoms with Crippen LogP contribution >= 0.6 is 27.2 Å². The molecule has 2 rings (SSSR count). The number of halogens is 1. The van der Waals surface area contributed by atoms with E-state index in [0.29, 0.717) is 29.3 Å². The van der Waals surface area contributed by atoms with E-state index in [2.05, 4.69) is 14.6 Å². The first-order chi connectivity index (χ1) is 13.5. The summed E-state index contributed by atoms with van der Waals surface area (Å²) in [5.41, 5.74) is 1.37. The van der Waals surface area contributed by atoms with Gasteiger partial charge in [0.2, 0.25) is 0 Å². The number of likely N-dealkylation sites (N-methyl/N-ethyl adjacent to an activating group) is 1. The zero-order valence-electron chi connectivity index (χ0n) is 15.9. The van der Waals surface area contributed by atoms with Crippen molar-refractivity contribution >= 4 is 43.8 Å². The van der Waals surface area contributed by atoms with Crippen molar-refractivity contribution < 1.29 is 32.6 Å². The number of rotatable bonds is 11. The Morgan fingerprint density at radius 2 is 1.90 bits per heavy atom. The number of nitrogens with zero attached hydrogens (tertiary/aromatic N) is 2. The summed E-state index contributed by atoms with van der Waals surface area (Å²) < 4.78 is 31.9. The number of phosphoric ester groups is 1. The van der Waals surface area contributed by atoms with Crippen LogP contribution in [-0.2, 0) is 18.0 Å². The summed E-state index contributed by atoms with van der Waals surface area (Å²) in [7, 11) is -10.2. The molecule has 13 heteroatoms. The first-order valence-electron chi connectivity index (χ1n) is 8.81. The lowest BCUT2D eigenvalue weighted by Crippen LogP contribution is -2.37. The van der Waals surface area contributed by atoms with Gasteiger partial charge in [0.1, 0.15) is 0 Å². The number of anilines is 1. The molecule has 0 amide bonds. The Morgan fingerprint density at radius 1 is 1.21 bits per heavy atom. The van der Waals surface area contributed by atoms with Gasteiger partial charge >= 0.3 is 15.6 Å². The minimum absolute atomic E-state index is 0.0767. The highest BCUT2D eigenvalue weighted by atomic mass is 35.5. The fraction of sp³-hybridized carbons (Fsp3) is 0.438. The molecule has 1 aromatic heterocycles. The molecule has 2 aromatic rings. The van der Waals surface area contributed by atoms with Crippen molar-refractivity contribution in [2.75, 3.05) is 31.5 Å². The van der Waals surface area contributed by atoms with Crippen LogP contribution in [0.2, 0.25) is 5.02 Å². The normalized spacial score (nSPS) is 15.4. The Morgan fingerprint density at radius 3 is 2.52 bits per heavy atom. The van der Waals surface area contributed by atoms with E-state index in [1.54, 1.807) is 30.5 Å². The molecule has 2 atom stereocenters. The molecule has 0 saturated heterocycles. The maximum atomic E-state index is 12.0. The van der Waals surface area contributed by atoms with Gasteiger partial charge < -0.3 is 24.9 Å². The highest BCUT2D eigenvalue weighted by Crippen LogP contribution is 2.58. The molecule has 1 heterocycles. The van der Waals surface area contributed by atoms with Gasteiger partial charge in [0.15, 0.2) is 0 Å². The van der Waals surface area contributed by atoms with Crippen molar-refractivity contribution in [3.8, 4) is 0 Å². The van der Waals surface area contributed by atoms with E-state index in [-0.39, 0.29) is 13.1 Å². The van der Waals surface area contributed by atoms with E-state index < -0.39 is 21.7 Å². The number of pyridine rings is 1. The molecule has 4 N–H and O–H groups in total. The van der Waals surface area contributed by atoms with Crippen molar-refractivity contribution in [3.63, 3.8) is 0 Å². The van der Waals surface area contributed by atoms with Crippen LogP contribution in [0.5, 0.6) is 0 Å². The quantitative estimate of drug-likeness (QED) is 0.364. The number of aromatic nitrogens is 1. The molecular weight excluding hydrogens is 444 g/mol. The van der Waals surface area contributed by atoms with Gasteiger partial charge in [-0.1, -0.05) is 25.4 Å². The fourth-order valence-corrected chi connectivity index (χ4v) is 4.66. The topological polar surface area (TPSA) is 141 Å². The molecule has 10 nitrogen and oxygen atoms in total. The van der Waals surface area contributed by atoms with E-state index in [1.165, 1.54) is 0 Å². The van der Waals surface area contributed by atoms with Crippen LogP contribution in [0.25, 0.3) is 10.9 Å². The molecule has 2 unspecified atom stereocenters. The van der Waals surface area contributed by atoms with Crippen LogP contribution in [-0.4, -0.2) is 56.8 Å². The monoisotopic (exact) mass is 467 g/mol. The molecule has 1 aromatic carbocycles. The molecule has 0 aliphatic heterocycles. The summed E-state index contributed by atoms with van der Waals surface area (Å²) in [6, 6.07) is 6.95. The van der Waals surface area contributed by atoms with Gasteiger partial charge in [0, 0.05) is 35.4 Å². The van der Waals surface area contributed by atoms with E-state index in [0.717, 1.165) is 5.39 Å². The van der Waals surface area contributed by atoms with Crippen molar-refractivity contribution in [2.24, 2.45) is 0 Å². The van der Waals surface area contributed by atoms with Crippen LogP contribution in [0.3, 0.4) is 0 Å². The molecule has 29 heavy (non-hydrogen) atoms. The molecule has 162 valence electrons. The Balaban J connectivity index is 2.19. The zero-order valence-corrected chi connectivity index (χ0v) is 18.5. The second kappa shape index (κ2) is 10.3. The largest absolute Gasteiger partial charge is 0.481 e. The maximum Gasteiger partial charge on any atom is 0.481 e. The van der Waals surface area contributed by atoms with Gasteiger partial charge in [-0.15, -0.1) is 0 Å². The standard InChI is InChI=1S/C16H24ClN3O7P2/c1-3-20(4-2)11-13(26-29(24,25)27-28(21,22)23)10-19-15-7-8-18-16-9-12(17)5-6-14(15)16/h5-9,13H,3-4,10-11H2,1-2H3,(H,18,19)(H,24,25)(H2,21,22,23). The van der Waals surface area contributed by atoms with Gasteiger partial charge in [-0.2, -0.15) is 4.31 Å². The van der Waals surface area contributed by atoms with E-state index in [9.17, 15) is 14.0 Å². The average molecular weight is 468 g/mol. The van der Waals surface area contributed by atoms with Crippen LogP contribution < -0.4 is 5.32 Å². The molecule has 0 bridgehead atoms. The fourth-order valence-electron chi connectivity index (χ4n) is 2.75. The molecule has 0 spiro atoms.